The summed E-state index contributed by atoms with van der Waals surface area (Å²) in [5.74, 6) is -0.0115. The highest BCUT2D eigenvalue weighted by Gasteiger charge is 2.20. The van der Waals surface area contributed by atoms with E-state index < -0.39 is 0 Å². The van der Waals surface area contributed by atoms with Crippen molar-refractivity contribution in [2.24, 2.45) is 0 Å². The summed E-state index contributed by atoms with van der Waals surface area (Å²) in [7, 11) is 1.87. The van der Waals surface area contributed by atoms with E-state index >= 15 is 0 Å². The molecular formula is C28H27N3O2. The minimum Gasteiger partial charge on any atom is -0.378 e. The minimum atomic E-state index is -0.0115. The van der Waals surface area contributed by atoms with Crippen molar-refractivity contribution >= 4 is 22.5 Å². The van der Waals surface area contributed by atoms with Crippen LogP contribution in [0.2, 0.25) is 0 Å². The number of carbonyl (C=O) groups excluding carboxylic acids is 1. The van der Waals surface area contributed by atoms with E-state index in [1.807, 2.05) is 73.8 Å². The van der Waals surface area contributed by atoms with E-state index in [1.165, 1.54) is 5.69 Å². The molecule has 1 fully saturated rings. The third-order valence-corrected chi connectivity index (χ3v) is 6.11. The molecule has 0 atom stereocenters. The molecule has 5 rings (SSSR count). The van der Waals surface area contributed by atoms with E-state index in [4.69, 9.17) is 9.72 Å². The smallest absolute Gasteiger partial charge is 0.254 e. The van der Waals surface area contributed by atoms with Crippen molar-refractivity contribution in [1.82, 2.24) is 9.88 Å². The number of anilines is 1. The second kappa shape index (κ2) is 9.43. The van der Waals surface area contributed by atoms with Crippen LogP contribution in [0.5, 0.6) is 0 Å². The van der Waals surface area contributed by atoms with Gasteiger partial charge < -0.3 is 14.5 Å². The van der Waals surface area contributed by atoms with Gasteiger partial charge in [-0.15, -0.1) is 0 Å². The molecule has 0 N–H and O–H groups in total. The van der Waals surface area contributed by atoms with Crippen LogP contribution in [-0.4, -0.2) is 49.1 Å². The molecule has 1 saturated heterocycles. The molecule has 2 heterocycles. The predicted molar refractivity (Wildman–Crippen MR) is 132 cm³/mol. The number of fused-ring (bicyclic) bond motifs is 1. The summed E-state index contributed by atoms with van der Waals surface area (Å²) in [6.07, 6.45) is 0. The molecule has 1 amide bonds. The van der Waals surface area contributed by atoms with Crippen molar-refractivity contribution in [1.29, 1.82) is 0 Å². The van der Waals surface area contributed by atoms with Crippen LogP contribution in [-0.2, 0) is 11.3 Å². The standard InChI is InChI=1S/C28H27N3O2/c1-30(20-22-11-5-8-14-27(22)31-15-17-33-18-16-31)28(32)24-19-26(21-9-3-2-4-10-21)29-25-13-7-6-12-23(24)25/h2-14,19H,15-18,20H2,1H3. The number of pyridine rings is 1. The van der Waals surface area contributed by atoms with E-state index in [-0.39, 0.29) is 5.91 Å². The van der Waals surface area contributed by atoms with Crippen LogP contribution in [0, 0.1) is 0 Å². The zero-order valence-electron chi connectivity index (χ0n) is 18.8. The normalized spacial score (nSPS) is 13.8. The Kier molecular flexibility index (Phi) is 6.05. The Labute approximate surface area is 194 Å². The Hall–Kier alpha value is -3.70. The average Bonchev–Trinajstić information content (AvgIpc) is 2.89. The summed E-state index contributed by atoms with van der Waals surface area (Å²) in [4.78, 5) is 22.7. The third kappa shape index (κ3) is 4.45. The molecule has 1 aliphatic rings. The zero-order chi connectivity index (χ0) is 22.6. The molecular weight excluding hydrogens is 410 g/mol. The van der Waals surface area contributed by atoms with Gasteiger partial charge in [-0.1, -0.05) is 66.7 Å². The van der Waals surface area contributed by atoms with Gasteiger partial charge in [0.2, 0.25) is 0 Å². The fourth-order valence-corrected chi connectivity index (χ4v) is 4.40. The number of rotatable bonds is 5. The van der Waals surface area contributed by atoms with Gasteiger partial charge in [0.1, 0.15) is 0 Å². The number of para-hydroxylation sites is 2. The van der Waals surface area contributed by atoms with E-state index in [1.54, 1.807) is 4.90 Å². The van der Waals surface area contributed by atoms with Gasteiger partial charge in [0.25, 0.3) is 5.91 Å². The number of hydrogen-bond acceptors (Lipinski definition) is 4. The lowest BCUT2D eigenvalue weighted by atomic mass is 10.0. The molecule has 0 saturated carbocycles. The topological polar surface area (TPSA) is 45.7 Å². The number of hydrogen-bond donors (Lipinski definition) is 0. The second-order valence-corrected chi connectivity index (χ2v) is 8.33. The van der Waals surface area contributed by atoms with Crippen molar-refractivity contribution in [3.8, 4) is 11.3 Å². The molecule has 1 aliphatic heterocycles. The summed E-state index contributed by atoms with van der Waals surface area (Å²) < 4.78 is 5.51. The Morgan fingerprint density at radius 1 is 0.939 bits per heavy atom. The first-order valence-corrected chi connectivity index (χ1v) is 11.3. The Morgan fingerprint density at radius 2 is 1.64 bits per heavy atom. The van der Waals surface area contributed by atoms with Crippen molar-refractivity contribution in [2.75, 3.05) is 38.3 Å². The maximum absolute atomic E-state index is 13.7. The highest BCUT2D eigenvalue weighted by atomic mass is 16.5. The minimum absolute atomic E-state index is 0.0115. The SMILES string of the molecule is CN(Cc1ccccc1N1CCOCC1)C(=O)c1cc(-c2ccccc2)nc2ccccc12. The van der Waals surface area contributed by atoms with Crippen LogP contribution in [0.1, 0.15) is 15.9 Å². The van der Waals surface area contributed by atoms with Crippen LogP contribution >= 0.6 is 0 Å². The molecule has 5 heteroatoms. The highest BCUT2D eigenvalue weighted by molar-refractivity contribution is 6.07. The van der Waals surface area contributed by atoms with Gasteiger partial charge in [0.05, 0.1) is 30.0 Å². The fraction of sp³-hybridized carbons (Fsp3) is 0.214. The van der Waals surface area contributed by atoms with Crippen LogP contribution in [0.15, 0.2) is 84.9 Å². The van der Waals surface area contributed by atoms with Crippen LogP contribution in [0.25, 0.3) is 22.2 Å². The van der Waals surface area contributed by atoms with Gasteiger partial charge in [0.15, 0.2) is 0 Å². The van der Waals surface area contributed by atoms with Gasteiger partial charge in [-0.25, -0.2) is 4.98 Å². The van der Waals surface area contributed by atoms with E-state index in [0.717, 1.165) is 54.0 Å². The summed E-state index contributed by atoms with van der Waals surface area (Å²) in [6.45, 7) is 3.72. The maximum Gasteiger partial charge on any atom is 0.254 e. The van der Waals surface area contributed by atoms with Gasteiger partial charge in [-0.05, 0) is 23.8 Å². The molecule has 33 heavy (non-hydrogen) atoms. The van der Waals surface area contributed by atoms with Gasteiger partial charge in [-0.2, -0.15) is 0 Å². The maximum atomic E-state index is 13.7. The van der Waals surface area contributed by atoms with Gasteiger partial charge >= 0.3 is 0 Å². The van der Waals surface area contributed by atoms with Crippen LogP contribution in [0.4, 0.5) is 5.69 Å². The second-order valence-electron chi connectivity index (χ2n) is 8.33. The van der Waals surface area contributed by atoms with E-state index in [9.17, 15) is 4.79 Å². The third-order valence-electron chi connectivity index (χ3n) is 6.11. The first-order chi connectivity index (χ1) is 16.2. The molecule has 3 aromatic carbocycles. The molecule has 4 aromatic rings. The highest BCUT2D eigenvalue weighted by Crippen LogP contribution is 2.27. The number of nitrogens with zero attached hydrogens (tertiary/aromatic N) is 3. The first kappa shape index (κ1) is 21.2. The Balaban J connectivity index is 1.48. The van der Waals surface area contributed by atoms with Crippen molar-refractivity contribution in [3.05, 3.63) is 96.1 Å². The van der Waals surface area contributed by atoms with Crippen molar-refractivity contribution in [2.45, 2.75) is 6.54 Å². The first-order valence-electron chi connectivity index (χ1n) is 11.3. The van der Waals surface area contributed by atoms with Crippen LogP contribution < -0.4 is 4.90 Å². The zero-order valence-corrected chi connectivity index (χ0v) is 18.8. The molecule has 0 unspecified atom stereocenters. The summed E-state index contributed by atoms with van der Waals surface area (Å²) in [5.41, 5.74) is 5.61. The Bertz CT molecular complexity index is 1270. The van der Waals surface area contributed by atoms with Crippen molar-refractivity contribution < 1.29 is 9.53 Å². The molecule has 1 aromatic heterocycles. The number of morpholine rings is 1. The van der Waals surface area contributed by atoms with Crippen molar-refractivity contribution in [3.63, 3.8) is 0 Å². The van der Waals surface area contributed by atoms with E-state index in [2.05, 4.69) is 23.1 Å². The summed E-state index contributed by atoms with van der Waals surface area (Å²) in [5, 5.41) is 0.871. The number of benzene rings is 3. The molecule has 5 nitrogen and oxygen atoms in total. The average molecular weight is 438 g/mol. The number of carbonyl (C=O) groups is 1. The number of amides is 1. The molecule has 166 valence electrons. The summed E-state index contributed by atoms with van der Waals surface area (Å²) in [6, 6.07) is 28.1. The van der Waals surface area contributed by atoms with Gasteiger partial charge in [0, 0.05) is 43.3 Å². The van der Waals surface area contributed by atoms with Crippen LogP contribution in [0.3, 0.4) is 0 Å². The quantitative estimate of drug-likeness (QED) is 0.440. The lowest BCUT2D eigenvalue weighted by Crippen LogP contribution is -2.37. The lowest BCUT2D eigenvalue weighted by Gasteiger charge is -2.31. The monoisotopic (exact) mass is 437 g/mol. The predicted octanol–water partition coefficient (Wildman–Crippen LogP) is 5.01. The fourth-order valence-electron chi connectivity index (χ4n) is 4.40. The molecule has 0 bridgehead atoms. The Morgan fingerprint density at radius 3 is 2.45 bits per heavy atom. The van der Waals surface area contributed by atoms with E-state index in [0.29, 0.717) is 12.1 Å². The number of aromatic nitrogens is 1. The molecule has 0 radical (unpaired) electrons. The molecule has 0 aliphatic carbocycles. The number of ether oxygens (including phenoxy) is 1. The molecule has 0 spiro atoms. The van der Waals surface area contributed by atoms with Gasteiger partial charge in [-0.3, -0.25) is 4.79 Å². The largest absolute Gasteiger partial charge is 0.378 e. The summed E-state index contributed by atoms with van der Waals surface area (Å²) >= 11 is 0. The lowest BCUT2D eigenvalue weighted by molar-refractivity contribution is 0.0786.